The quantitative estimate of drug-likeness (QED) is 0.422. The number of fused-ring (bicyclic) bond motifs is 3. The first-order chi connectivity index (χ1) is 16.2. The Morgan fingerprint density at radius 3 is 2.50 bits per heavy atom. The maximum atomic E-state index is 13.2. The first kappa shape index (κ1) is 24.2. The number of anilines is 1. The minimum Gasteiger partial charge on any atom is -0.353 e. The lowest BCUT2D eigenvalue weighted by Gasteiger charge is -2.35. The highest BCUT2D eigenvalue weighted by Crippen LogP contribution is 2.41. The molecule has 1 aliphatic heterocycles. The van der Waals surface area contributed by atoms with Crippen molar-refractivity contribution >= 4 is 53.3 Å². The van der Waals surface area contributed by atoms with Gasteiger partial charge in [-0.15, -0.1) is 11.3 Å². The van der Waals surface area contributed by atoms with E-state index in [0.29, 0.717) is 42.9 Å². The van der Waals surface area contributed by atoms with E-state index in [4.69, 9.17) is 9.97 Å². The van der Waals surface area contributed by atoms with Crippen molar-refractivity contribution in [1.29, 1.82) is 0 Å². The zero-order valence-electron chi connectivity index (χ0n) is 19.9. The third kappa shape index (κ3) is 4.64. The molecule has 1 aliphatic carbocycles. The van der Waals surface area contributed by atoms with Crippen LogP contribution in [-0.4, -0.2) is 48.9 Å². The van der Waals surface area contributed by atoms with Crippen LogP contribution in [0.2, 0.25) is 0 Å². The van der Waals surface area contributed by atoms with E-state index in [1.165, 1.54) is 22.2 Å². The van der Waals surface area contributed by atoms with E-state index in [9.17, 15) is 8.42 Å². The van der Waals surface area contributed by atoms with Gasteiger partial charge in [-0.2, -0.15) is 4.31 Å². The molecule has 6 nitrogen and oxygen atoms in total. The average Bonchev–Trinajstić information content (AvgIpc) is 3.15. The molecule has 0 saturated carbocycles. The van der Waals surface area contributed by atoms with Crippen molar-refractivity contribution in [2.24, 2.45) is 11.8 Å². The Morgan fingerprint density at radius 2 is 1.82 bits per heavy atom. The highest BCUT2D eigenvalue weighted by atomic mass is 79.9. The number of benzene rings is 1. The number of hydrogen-bond donors (Lipinski definition) is 0. The molecular formula is C25H31BrN4O2S2. The highest BCUT2D eigenvalue weighted by Gasteiger charge is 2.31. The zero-order valence-corrected chi connectivity index (χ0v) is 23.1. The topological polar surface area (TPSA) is 66.4 Å². The number of rotatable bonds is 5. The fourth-order valence-electron chi connectivity index (χ4n) is 4.95. The molecule has 1 aromatic carbocycles. The van der Waals surface area contributed by atoms with E-state index >= 15 is 0 Å². The summed E-state index contributed by atoms with van der Waals surface area (Å²) in [6.45, 7) is 8.88. The van der Waals surface area contributed by atoms with Crippen LogP contribution in [-0.2, 0) is 29.3 Å². The molecule has 1 fully saturated rings. The summed E-state index contributed by atoms with van der Waals surface area (Å²) < 4.78 is 28.8. The molecule has 3 heterocycles. The largest absolute Gasteiger partial charge is 0.353 e. The summed E-state index contributed by atoms with van der Waals surface area (Å²) >= 11 is 5.22. The molecule has 2 aromatic heterocycles. The average molecular weight is 564 g/mol. The van der Waals surface area contributed by atoms with E-state index < -0.39 is 10.0 Å². The van der Waals surface area contributed by atoms with E-state index in [1.54, 1.807) is 28.6 Å². The molecule has 3 aromatic rings. The van der Waals surface area contributed by atoms with Crippen LogP contribution < -0.4 is 4.90 Å². The molecule has 1 saturated heterocycles. The van der Waals surface area contributed by atoms with Gasteiger partial charge < -0.3 is 4.90 Å². The van der Waals surface area contributed by atoms with Crippen molar-refractivity contribution in [2.75, 3.05) is 31.1 Å². The Labute approximate surface area is 214 Å². The van der Waals surface area contributed by atoms with Crippen LogP contribution in [0, 0.1) is 11.8 Å². The molecule has 34 heavy (non-hydrogen) atoms. The lowest BCUT2D eigenvalue weighted by Crippen LogP contribution is -2.49. The number of aromatic nitrogens is 2. The van der Waals surface area contributed by atoms with Crippen molar-refractivity contribution < 1.29 is 8.42 Å². The molecule has 5 rings (SSSR count). The molecule has 0 amide bonds. The van der Waals surface area contributed by atoms with Gasteiger partial charge in [0.15, 0.2) is 0 Å². The third-order valence-corrected chi connectivity index (χ3v) is 10.4. The van der Waals surface area contributed by atoms with Crippen molar-refractivity contribution in [3.63, 3.8) is 0 Å². The van der Waals surface area contributed by atoms with Gasteiger partial charge in [-0.3, -0.25) is 0 Å². The van der Waals surface area contributed by atoms with Crippen LogP contribution in [0.25, 0.3) is 10.2 Å². The van der Waals surface area contributed by atoms with Gasteiger partial charge in [0.2, 0.25) is 10.0 Å². The summed E-state index contributed by atoms with van der Waals surface area (Å²) in [6.07, 6.45) is 4.24. The van der Waals surface area contributed by atoms with Crippen LogP contribution in [0.1, 0.15) is 43.5 Å². The molecule has 0 radical (unpaired) electrons. The van der Waals surface area contributed by atoms with Crippen LogP contribution in [0.15, 0.2) is 33.6 Å². The van der Waals surface area contributed by atoms with Crippen LogP contribution >= 0.6 is 27.3 Å². The van der Waals surface area contributed by atoms with Crippen molar-refractivity contribution in [3.8, 4) is 0 Å². The van der Waals surface area contributed by atoms with E-state index in [-0.39, 0.29) is 0 Å². The summed E-state index contributed by atoms with van der Waals surface area (Å²) in [5.74, 6) is 3.09. The molecule has 0 spiro atoms. The Hall–Kier alpha value is -1.55. The van der Waals surface area contributed by atoms with Gasteiger partial charge >= 0.3 is 0 Å². The van der Waals surface area contributed by atoms with E-state index in [0.717, 1.165) is 40.2 Å². The molecular weight excluding hydrogens is 532 g/mol. The summed E-state index contributed by atoms with van der Waals surface area (Å²) in [6, 6.07) is 6.88. The summed E-state index contributed by atoms with van der Waals surface area (Å²) in [7, 11) is -3.51. The van der Waals surface area contributed by atoms with E-state index in [1.807, 2.05) is 11.3 Å². The highest BCUT2D eigenvalue weighted by molar-refractivity contribution is 9.10. The first-order valence-corrected chi connectivity index (χ1v) is 15.1. The van der Waals surface area contributed by atoms with Gasteiger partial charge in [-0.05, 0) is 60.9 Å². The minimum absolute atomic E-state index is 0.342. The van der Waals surface area contributed by atoms with E-state index in [2.05, 4.69) is 41.6 Å². The molecule has 1 unspecified atom stereocenters. The minimum atomic E-state index is -3.51. The van der Waals surface area contributed by atoms with Crippen molar-refractivity contribution in [1.82, 2.24) is 14.3 Å². The number of nitrogens with zero attached hydrogens (tertiary/aromatic N) is 4. The molecule has 9 heteroatoms. The number of aryl methyl sites for hydroxylation is 1. The normalized spacial score (nSPS) is 19.7. The maximum absolute atomic E-state index is 13.2. The molecule has 1 atom stereocenters. The number of thiophene rings is 1. The van der Waals surface area contributed by atoms with Gasteiger partial charge in [0.1, 0.15) is 16.5 Å². The summed E-state index contributed by atoms with van der Waals surface area (Å²) in [5, 5.41) is 1.21. The number of halogens is 1. The van der Waals surface area contributed by atoms with Crippen LogP contribution in [0.4, 0.5) is 5.82 Å². The number of sulfonamides is 1. The first-order valence-electron chi connectivity index (χ1n) is 12.0. The lowest BCUT2D eigenvalue weighted by atomic mass is 9.89. The Morgan fingerprint density at radius 1 is 1.12 bits per heavy atom. The smallest absolute Gasteiger partial charge is 0.243 e. The molecule has 0 N–H and O–H groups in total. The fourth-order valence-corrected chi connectivity index (χ4v) is 8.03. The standard InChI is InChI=1S/C25H31BrN4O2S2/c1-16(2)14-22-27-24(23-20-9-4-17(3)15-21(20)33-25(23)28-22)29-10-12-30(13-11-29)34(31,32)19-7-5-18(26)6-8-19/h5-8,16-17H,4,9-15H2,1-3H3. The van der Waals surface area contributed by atoms with Gasteiger partial charge in [-0.1, -0.05) is 36.7 Å². The SMILES string of the molecule is CC(C)Cc1nc(N2CCN(S(=O)(=O)c3ccc(Br)cc3)CC2)c2c3c(sc2n1)CC(C)CC3. The number of hydrogen-bond acceptors (Lipinski definition) is 6. The molecule has 0 bridgehead atoms. The van der Waals surface area contributed by atoms with Crippen molar-refractivity contribution in [3.05, 3.63) is 45.0 Å². The second-order valence-corrected chi connectivity index (χ2v) is 13.9. The molecule has 182 valence electrons. The van der Waals surface area contributed by atoms with Crippen LogP contribution in [0.5, 0.6) is 0 Å². The fraction of sp³-hybridized carbons (Fsp3) is 0.520. The summed E-state index contributed by atoms with van der Waals surface area (Å²) in [5.41, 5.74) is 1.43. The second-order valence-electron chi connectivity index (χ2n) is 9.94. The Bertz CT molecular complexity index is 1300. The zero-order chi connectivity index (χ0) is 24.0. The molecule has 2 aliphatic rings. The summed E-state index contributed by atoms with van der Waals surface area (Å²) in [4.78, 5) is 15.2. The van der Waals surface area contributed by atoms with Gasteiger partial charge in [0.05, 0.1) is 10.3 Å². The lowest BCUT2D eigenvalue weighted by molar-refractivity contribution is 0.384. The predicted molar refractivity (Wildman–Crippen MR) is 142 cm³/mol. The van der Waals surface area contributed by atoms with Crippen molar-refractivity contribution in [2.45, 2.75) is 51.3 Å². The number of piperazine rings is 1. The van der Waals surface area contributed by atoms with Crippen LogP contribution in [0.3, 0.4) is 0 Å². The Balaban J connectivity index is 1.45. The Kier molecular flexibility index (Phi) is 6.74. The van der Waals surface area contributed by atoms with Gasteiger partial charge in [0.25, 0.3) is 0 Å². The monoisotopic (exact) mass is 562 g/mol. The van der Waals surface area contributed by atoms with Gasteiger partial charge in [0, 0.05) is 41.9 Å². The van der Waals surface area contributed by atoms with Gasteiger partial charge in [-0.25, -0.2) is 18.4 Å². The second kappa shape index (κ2) is 9.48. The third-order valence-electron chi connectivity index (χ3n) is 6.76. The predicted octanol–water partition coefficient (Wildman–Crippen LogP) is 5.29. The maximum Gasteiger partial charge on any atom is 0.243 e.